The molecule has 0 aliphatic carbocycles. The number of nitrogens with two attached hydrogens (primary N) is 1. The summed E-state index contributed by atoms with van der Waals surface area (Å²) < 4.78 is 5.18. The van der Waals surface area contributed by atoms with Crippen LogP contribution in [0.3, 0.4) is 0 Å². The van der Waals surface area contributed by atoms with E-state index in [-0.39, 0.29) is 12.1 Å². The number of benzene rings is 1. The molecule has 4 heteroatoms. The summed E-state index contributed by atoms with van der Waals surface area (Å²) in [6.07, 6.45) is -0.411. The van der Waals surface area contributed by atoms with Crippen LogP contribution >= 0.6 is 0 Å². The van der Waals surface area contributed by atoms with E-state index in [2.05, 4.69) is 5.32 Å². The van der Waals surface area contributed by atoms with E-state index in [9.17, 15) is 4.79 Å². The van der Waals surface area contributed by atoms with Gasteiger partial charge in [-0.3, -0.25) is 0 Å². The largest absolute Gasteiger partial charge is 0.445 e. The van der Waals surface area contributed by atoms with E-state index in [0.717, 1.165) is 16.7 Å². The van der Waals surface area contributed by atoms with Gasteiger partial charge in [0.25, 0.3) is 0 Å². The molecular formula is C14H22N2O2. The monoisotopic (exact) mass is 250 g/mol. The molecule has 0 spiro atoms. The maximum Gasteiger partial charge on any atom is 0.407 e. The zero-order valence-electron chi connectivity index (χ0n) is 11.5. The molecule has 1 aromatic rings. The Kier molecular flexibility index (Phi) is 4.73. The van der Waals surface area contributed by atoms with Gasteiger partial charge < -0.3 is 15.8 Å². The third kappa shape index (κ3) is 4.75. The molecule has 3 N–H and O–H groups in total. The second-order valence-electron chi connectivity index (χ2n) is 5.43. The molecular weight excluding hydrogens is 228 g/mol. The minimum Gasteiger partial charge on any atom is -0.445 e. The lowest BCUT2D eigenvalue weighted by Crippen LogP contribution is -2.40. The molecule has 0 unspecified atom stereocenters. The first kappa shape index (κ1) is 14.5. The van der Waals surface area contributed by atoms with Crippen molar-refractivity contribution < 1.29 is 9.53 Å². The summed E-state index contributed by atoms with van der Waals surface area (Å²) in [4.78, 5) is 11.5. The van der Waals surface area contributed by atoms with Gasteiger partial charge in [0.1, 0.15) is 6.61 Å². The van der Waals surface area contributed by atoms with Crippen LogP contribution in [0, 0.1) is 6.92 Å². The highest BCUT2D eigenvalue weighted by Crippen LogP contribution is 2.12. The molecule has 0 heterocycles. The van der Waals surface area contributed by atoms with E-state index < -0.39 is 6.09 Å². The number of ether oxygens (including phenoxy) is 1. The van der Waals surface area contributed by atoms with E-state index in [1.165, 1.54) is 0 Å². The fraction of sp³-hybridized carbons (Fsp3) is 0.500. The maximum atomic E-state index is 11.5. The summed E-state index contributed by atoms with van der Waals surface area (Å²) in [5.41, 5.74) is 8.50. The fourth-order valence-corrected chi connectivity index (χ4v) is 1.57. The molecule has 4 nitrogen and oxygen atoms in total. The van der Waals surface area contributed by atoms with Crippen molar-refractivity contribution in [1.82, 2.24) is 5.32 Å². The van der Waals surface area contributed by atoms with Crippen LogP contribution in [0.15, 0.2) is 18.2 Å². The first-order valence-corrected chi connectivity index (χ1v) is 6.05. The quantitative estimate of drug-likeness (QED) is 0.866. The molecule has 0 saturated carbocycles. The normalized spacial score (nSPS) is 11.2. The van der Waals surface area contributed by atoms with Gasteiger partial charge in [0, 0.05) is 12.1 Å². The Balaban J connectivity index is 2.61. The number of alkyl carbamates (subject to hydrolysis) is 1. The molecule has 18 heavy (non-hydrogen) atoms. The molecule has 0 aromatic heterocycles. The SMILES string of the molecule is Cc1ccc(COC(=O)NC(C)(C)C)c(CN)c1. The average molecular weight is 250 g/mol. The molecule has 0 radical (unpaired) electrons. The molecule has 1 amide bonds. The molecule has 0 aliphatic rings. The van der Waals surface area contributed by atoms with Crippen molar-refractivity contribution in [3.63, 3.8) is 0 Å². The van der Waals surface area contributed by atoms with Crippen molar-refractivity contribution in [3.8, 4) is 0 Å². The lowest BCUT2D eigenvalue weighted by atomic mass is 10.1. The zero-order valence-corrected chi connectivity index (χ0v) is 11.5. The van der Waals surface area contributed by atoms with Crippen LogP contribution in [0.1, 0.15) is 37.5 Å². The van der Waals surface area contributed by atoms with Gasteiger partial charge in [0.2, 0.25) is 0 Å². The Labute approximate surface area is 109 Å². The van der Waals surface area contributed by atoms with Gasteiger partial charge in [-0.15, -0.1) is 0 Å². The number of nitrogens with one attached hydrogen (secondary N) is 1. The Hall–Kier alpha value is -1.55. The molecule has 0 saturated heterocycles. The van der Waals surface area contributed by atoms with E-state index in [1.54, 1.807) is 0 Å². The van der Waals surface area contributed by atoms with E-state index >= 15 is 0 Å². The highest BCUT2D eigenvalue weighted by Gasteiger charge is 2.14. The van der Waals surface area contributed by atoms with Crippen LogP contribution < -0.4 is 11.1 Å². The van der Waals surface area contributed by atoms with Crippen molar-refractivity contribution >= 4 is 6.09 Å². The van der Waals surface area contributed by atoms with Crippen LogP contribution in [0.4, 0.5) is 4.79 Å². The second kappa shape index (κ2) is 5.87. The Morgan fingerprint density at radius 2 is 2.00 bits per heavy atom. The van der Waals surface area contributed by atoms with Gasteiger partial charge in [-0.05, 0) is 38.8 Å². The number of amides is 1. The third-order valence-corrected chi connectivity index (χ3v) is 2.42. The van der Waals surface area contributed by atoms with Gasteiger partial charge in [-0.1, -0.05) is 23.8 Å². The van der Waals surface area contributed by atoms with E-state index in [1.807, 2.05) is 45.9 Å². The topological polar surface area (TPSA) is 64.3 Å². The predicted molar refractivity (Wildman–Crippen MR) is 72.1 cm³/mol. The summed E-state index contributed by atoms with van der Waals surface area (Å²) in [7, 11) is 0. The van der Waals surface area contributed by atoms with Crippen LogP contribution in [-0.2, 0) is 17.9 Å². The second-order valence-corrected chi connectivity index (χ2v) is 5.43. The summed E-state index contributed by atoms with van der Waals surface area (Å²) in [6.45, 7) is 8.43. The number of carbonyl (C=O) groups excluding carboxylic acids is 1. The van der Waals surface area contributed by atoms with Crippen molar-refractivity contribution in [2.75, 3.05) is 0 Å². The van der Waals surface area contributed by atoms with Gasteiger partial charge >= 0.3 is 6.09 Å². The molecule has 1 rings (SSSR count). The first-order valence-electron chi connectivity index (χ1n) is 6.05. The fourth-order valence-electron chi connectivity index (χ4n) is 1.57. The zero-order chi connectivity index (χ0) is 13.8. The first-order chi connectivity index (χ1) is 8.31. The van der Waals surface area contributed by atoms with Crippen LogP contribution in [0.25, 0.3) is 0 Å². The van der Waals surface area contributed by atoms with Crippen molar-refractivity contribution in [2.24, 2.45) is 5.73 Å². The standard InChI is InChI=1S/C14H22N2O2/c1-10-5-6-11(12(7-10)8-15)9-18-13(17)16-14(2,3)4/h5-7H,8-9,15H2,1-4H3,(H,16,17). The molecule has 0 fully saturated rings. The van der Waals surface area contributed by atoms with Gasteiger partial charge in [0.15, 0.2) is 0 Å². The average Bonchev–Trinajstić information content (AvgIpc) is 2.24. The van der Waals surface area contributed by atoms with E-state index in [0.29, 0.717) is 6.54 Å². The summed E-state index contributed by atoms with van der Waals surface area (Å²) in [5.74, 6) is 0. The molecule has 100 valence electrons. The maximum absolute atomic E-state index is 11.5. The van der Waals surface area contributed by atoms with Gasteiger partial charge in [-0.25, -0.2) is 4.79 Å². The number of aryl methyl sites for hydroxylation is 1. The Morgan fingerprint density at radius 3 is 2.56 bits per heavy atom. The smallest absolute Gasteiger partial charge is 0.407 e. The van der Waals surface area contributed by atoms with Crippen LogP contribution in [0.5, 0.6) is 0 Å². The van der Waals surface area contributed by atoms with Crippen molar-refractivity contribution in [2.45, 2.75) is 46.4 Å². The molecule has 0 atom stereocenters. The Morgan fingerprint density at radius 1 is 1.33 bits per heavy atom. The van der Waals surface area contributed by atoms with Crippen molar-refractivity contribution in [1.29, 1.82) is 0 Å². The number of rotatable bonds is 3. The highest BCUT2D eigenvalue weighted by molar-refractivity contribution is 5.68. The number of carbonyl (C=O) groups is 1. The van der Waals surface area contributed by atoms with Crippen LogP contribution in [0.2, 0.25) is 0 Å². The van der Waals surface area contributed by atoms with Gasteiger partial charge in [0.05, 0.1) is 0 Å². The number of hydrogen-bond acceptors (Lipinski definition) is 3. The summed E-state index contributed by atoms with van der Waals surface area (Å²) in [5, 5.41) is 2.75. The summed E-state index contributed by atoms with van der Waals surface area (Å²) in [6, 6.07) is 5.95. The predicted octanol–water partition coefficient (Wildman–Crippen LogP) is 2.48. The van der Waals surface area contributed by atoms with Crippen molar-refractivity contribution in [3.05, 3.63) is 34.9 Å². The lowest BCUT2D eigenvalue weighted by Gasteiger charge is -2.20. The molecule has 1 aromatic carbocycles. The minimum atomic E-state index is -0.411. The minimum absolute atomic E-state index is 0.245. The molecule has 0 bridgehead atoms. The summed E-state index contributed by atoms with van der Waals surface area (Å²) >= 11 is 0. The van der Waals surface area contributed by atoms with E-state index in [4.69, 9.17) is 10.5 Å². The highest BCUT2D eigenvalue weighted by atomic mass is 16.5. The van der Waals surface area contributed by atoms with Gasteiger partial charge in [-0.2, -0.15) is 0 Å². The third-order valence-electron chi connectivity index (χ3n) is 2.42. The molecule has 0 aliphatic heterocycles. The Bertz CT molecular complexity index is 422. The number of hydrogen-bond donors (Lipinski definition) is 2. The van der Waals surface area contributed by atoms with Crippen LogP contribution in [-0.4, -0.2) is 11.6 Å². The lowest BCUT2D eigenvalue weighted by molar-refractivity contribution is 0.131.